The second-order valence-electron chi connectivity index (χ2n) is 4.04. The second-order valence-corrected chi connectivity index (χ2v) is 4.04. The number of rotatable bonds is 3. The van der Waals surface area contributed by atoms with Gasteiger partial charge < -0.3 is 4.74 Å². The van der Waals surface area contributed by atoms with Crippen LogP contribution in [0.4, 0.5) is 10.1 Å². The third kappa shape index (κ3) is 2.57. The third-order valence-corrected chi connectivity index (χ3v) is 2.66. The number of nitro benzene ring substituents is 1. The summed E-state index contributed by atoms with van der Waals surface area (Å²) in [5.74, 6) is -0.962. The van der Waals surface area contributed by atoms with Crippen molar-refractivity contribution in [2.75, 3.05) is 0 Å². The summed E-state index contributed by atoms with van der Waals surface area (Å²) in [5.41, 5.74) is 0.353. The van der Waals surface area contributed by atoms with E-state index in [1.165, 1.54) is 18.2 Å². The molecule has 20 heavy (non-hydrogen) atoms. The lowest BCUT2D eigenvalue weighted by Gasteiger charge is -2.08. The van der Waals surface area contributed by atoms with Gasteiger partial charge in [0.25, 0.3) is 0 Å². The van der Waals surface area contributed by atoms with Crippen molar-refractivity contribution in [3.63, 3.8) is 0 Å². The van der Waals surface area contributed by atoms with E-state index in [2.05, 4.69) is 0 Å². The fraction of sp³-hybridized carbons (Fsp3) is 0.0714. The van der Waals surface area contributed by atoms with Crippen LogP contribution >= 0.6 is 0 Å². The van der Waals surface area contributed by atoms with E-state index in [4.69, 9.17) is 10.00 Å². The van der Waals surface area contributed by atoms with Gasteiger partial charge in [-0.25, -0.2) is 4.39 Å². The highest BCUT2D eigenvalue weighted by Crippen LogP contribution is 2.34. The summed E-state index contributed by atoms with van der Waals surface area (Å²) in [4.78, 5) is 10.4. The number of halogens is 1. The van der Waals surface area contributed by atoms with Gasteiger partial charge in [0.15, 0.2) is 11.6 Å². The number of hydrogen-bond acceptors (Lipinski definition) is 4. The van der Waals surface area contributed by atoms with Gasteiger partial charge in [-0.1, -0.05) is 12.1 Å². The summed E-state index contributed by atoms with van der Waals surface area (Å²) in [6, 6.07) is 9.99. The van der Waals surface area contributed by atoms with E-state index in [9.17, 15) is 14.5 Å². The van der Waals surface area contributed by atoms with E-state index in [0.717, 1.165) is 6.07 Å². The lowest BCUT2D eigenvalue weighted by Crippen LogP contribution is -1.97. The van der Waals surface area contributed by atoms with Crippen LogP contribution in [-0.2, 0) is 0 Å². The van der Waals surface area contributed by atoms with Gasteiger partial charge in [-0.15, -0.1) is 0 Å². The monoisotopic (exact) mass is 272 g/mol. The van der Waals surface area contributed by atoms with Gasteiger partial charge in [-0.05, 0) is 31.2 Å². The van der Waals surface area contributed by atoms with Crippen molar-refractivity contribution in [2.24, 2.45) is 0 Å². The average molecular weight is 272 g/mol. The minimum absolute atomic E-state index is 0.0430. The van der Waals surface area contributed by atoms with E-state index in [1.54, 1.807) is 25.1 Å². The molecule has 0 saturated carbocycles. The van der Waals surface area contributed by atoms with Crippen LogP contribution < -0.4 is 4.74 Å². The SMILES string of the molecule is Cc1cccc(Oc2ccc(C#N)cc2F)c1[N+](=O)[O-]. The molecule has 0 amide bonds. The fourth-order valence-electron chi connectivity index (χ4n) is 1.72. The smallest absolute Gasteiger partial charge is 0.314 e. The first-order valence-corrected chi connectivity index (χ1v) is 5.64. The first-order valence-electron chi connectivity index (χ1n) is 5.64. The quantitative estimate of drug-likeness (QED) is 0.630. The Morgan fingerprint density at radius 1 is 1.30 bits per heavy atom. The minimum atomic E-state index is -0.750. The van der Waals surface area contributed by atoms with Crippen molar-refractivity contribution in [3.05, 3.63) is 63.5 Å². The predicted molar refractivity (Wildman–Crippen MR) is 69.0 cm³/mol. The fourth-order valence-corrected chi connectivity index (χ4v) is 1.72. The van der Waals surface area contributed by atoms with Crippen LogP contribution in [0.5, 0.6) is 11.5 Å². The molecule has 6 heteroatoms. The number of para-hydroxylation sites is 1. The molecule has 0 aliphatic carbocycles. The van der Waals surface area contributed by atoms with Gasteiger partial charge in [-0.2, -0.15) is 5.26 Å². The molecule has 0 N–H and O–H groups in total. The van der Waals surface area contributed by atoms with Crippen molar-refractivity contribution in [2.45, 2.75) is 6.92 Å². The van der Waals surface area contributed by atoms with E-state index < -0.39 is 10.7 Å². The van der Waals surface area contributed by atoms with Crippen molar-refractivity contribution in [1.82, 2.24) is 0 Å². The Labute approximate surface area is 114 Å². The van der Waals surface area contributed by atoms with Gasteiger partial charge in [0.1, 0.15) is 0 Å². The topological polar surface area (TPSA) is 76.2 Å². The summed E-state index contributed by atoms with van der Waals surface area (Å²) < 4.78 is 19.0. The number of nitro groups is 1. The highest BCUT2D eigenvalue weighted by atomic mass is 19.1. The number of hydrogen-bond donors (Lipinski definition) is 0. The normalized spacial score (nSPS) is 9.85. The molecule has 100 valence electrons. The number of nitrogens with zero attached hydrogens (tertiary/aromatic N) is 2. The van der Waals surface area contributed by atoms with Crippen LogP contribution in [0, 0.1) is 34.2 Å². The molecule has 0 aliphatic rings. The molecule has 0 saturated heterocycles. The van der Waals surface area contributed by atoms with Crippen LogP contribution in [0.2, 0.25) is 0 Å². The van der Waals surface area contributed by atoms with E-state index in [-0.39, 0.29) is 22.7 Å². The summed E-state index contributed by atoms with van der Waals surface area (Å²) in [7, 11) is 0. The van der Waals surface area contributed by atoms with Gasteiger partial charge in [0, 0.05) is 5.56 Å². The zero-order valence-electron chi connectivity index (χ0n) is 10.5. The van der Waals surface area contributed by atoms with Crippen LogP contribution in [0.1, 0.15) is 11.1 Å². The Morgan fingerprint density at radius 2 is 2.05 bits per heavy atom. The lowest BCUT2D eigenvalue weighted by atomic mass is 10.2. The summed E-state index contributed by atoms with van der Waals surface area (Å²) in [6.45, 7) is 1.57. The maximum atomic E-state index is 13.7. The van der Waals surface area contributed by atoms with Crippen LogP contribution in [0.25, 0.3) is 0 Å². The van der Waals surface area contributed by atoms with Crippen molar-refractivity contribution in [3.8, 4) is 17.6 Å². The largest absolute Gasteiger partial charge is 0.447 e. The molecule has 0 bridgehead atoms. The molecule has 0 spiro atoms. The molecule has 0 radical (unpaired) electrons. The number of benzene rings is 2. The molecular formula is C14H9FN2O3. The summed E-state index contributed by atoms with van der Waals surface area (Å²) in [6.07, 6.45) is 0. The van der Waals surface area contributed by atoms with Gasteiger partial charge in [-0.3, -0.25) is 10.1 Å². The first kappa shape index (κ1) is 13.5. The van der Waals surface area contributed by atoms with Crippen molar-refractivity contribution >= 4 is 5.69 Å². The zero-order chi connectivity index (χ0) is 14.7. The standard InChI is InChI=1S/C14H9FN2O3/c1-9-3-2-4-13(14(9)17(18)19)20-12-6-5-10(8-16)7-11(12)15/h2-7H,1H3. The van der Waals surface area contributed by atoms with Crippen LogP contribution in [0.3, 0.4) is 0 Å². The van der Waals surface area contributed by atoms with Crippen molar-refractivity contribution < 1.29 is 14.1 Å². The predicted octanol–water partition coefficient (Wildman–Crippen LogP) is 3.71. The average Bonchev–Trinajstić information content (AvgIpc) is 2.40. The molecule has 2 aromatic carbocycles. The Hall–Kier alpha value is -2.94. The highest BCUT2D eigenvalue weighted by Gasteiger charge is 2.19. The maximum Gasteiger partial charge on any atom is 0.314 e. The van der Waals surface area contributed by atoms with Gasteiger partial charge in [0.2, 0.25) is 5.75 Å². The van der Waals surface area contributed by atoms with Gasteiger partial charge >= 0.3 is 5.69 Å². The molecule has 2 rings (SSSR count). The maximum absolute atomic E-state index is 13.7. The molecule has 0 heterocycles. The molecule has 0 unspecified atom stereocenters. The highest BCUT2D eigenvalue weighted by molar-refractivity contribution is 5.54. The van der Waals surface area contributed by atoms with Gasteiger partial charge in [0.05, 0.1) is 16.6 Å². The third-order valence-electron chi connectivity index (χ3n) is 2.66. The van der Waals surface area contributed by atoms with Crippen molar-refractivity contribution in [1.29, 1.82) is 5.26 Å². The number of ether oxygens (including phenoxy) is 1. The molecule has 0 aromatic heterocycles. The number of aryl methyl sites for hydroxylation is 1. The Balaban J connectivity index is 2.43. The Morgan fingerprint density at radius 3 is 2.65 bits per heavy atom. The molecular weight excluding hydrogens is 263 g/mol. The van der Waals surface area contributed by atoms with E-state index >= 15 is 0 Å². The second kappa shape index (κ2) is 5.36. The number of nitriles is 1. The van der Waals surface area contributed by atoms with E-state index in [0.29, 0.717) is 5.56 Å². The van der Waals surface area contributed by atoms with Crippen LogP contribution in [0.15, 0.2) is 36.4 Å². The zero-order valence-corrected chi connectivity index (χ0v) is 10.5. The summed E-state index contributed by atoms with van der Waals surface area (Å²) >= 11 is 0. The molecule has 2 aromatic rings. The molecule has 0 aliphatic heterocycles. The molecule has 0 atom stereocenters. The first-order chi connectivity index (χ1) is 9.52. The Bertz CT molecular complexity index is 723. The van der Waals surface area contributed by atoms with E-state index in [1.807, 2.05) is 0 Å². The molecule has 0 fully saturated rings. The Kier molecular flexibility index (Phi) is 3.62. The van der Waals surface area contributed by atoms with Crippen LogP contribution in [-0.4, -0.2) is 4.92 Å². The summed E-state index contributed by atoms with van der Waals surface area (Å²) in [5, 5.41) is 19.7. The lowest BCUT2D eigenvalue weighted by molar-refractivity contribution is -0.386. The molecule has 5 nitrogen and oxygen atoms in total. The minimum Gasteiger partial charge on any atom is -0.447 e.